The van der Waals surface area contributed by atoms with Crippen molar-refractivity contribution in [1.29, 1.82) is 0 Å². The van der Waals surface area contributed by atoms with Crippen molar-refractivity contribution in [2.24, 2.45) is 0 Å². The second-order valence-electron chi connectivity index (χ2n) is 3.99. The van der Waals surface area contributed by atoms with Gasteiger partial charge in [0.15, 0.2) is 0 Å². The van der Waals surface area contributed by atoms with E-state index in [4.69, 9.17) is 4.74 Å². The average molecular weight is 237 g/mol. The van der Waals surface area contributed by atoms with Crippen LogP contribution in [0.25, 0.3) is 0 Å². The lowest BCUT2D eigenvalue weighted by molar-refractivity contribution is -0.384. The third-order valence-corrected chi connectivity index (χ3v) is 2.64. The molecule has 0 amide bonds. The highest BCUT2D eigenvalue weighted by Gasteiger charge is 2.17. The number of hydrazine groups is 1. The number of nitro groups is 1. The fraction of sp³-hybridized carbons (Fsp3) is 0.455. The van der Waals surface area contributed by atoms with Crippen molar-refractivity contribution in [2.45, 2.75) is 6.92 Å². The van der Waals surface area contributed by atoms with Crippen molar-refractivity contribution in [1.82, 2.24) is 5.01 Å². The van der Waals surface area contributed by atoms with Gasteiger partial charge >= 0.3 is 0 Å². The molecule has 1 aromatic rings. The predicted octanol–water partition coefficient (Wildman–Crippen LogP) is 1.56. The largest absolute Gasteiger partial charge is 0.379 e. The summed E-state index contributed by atoms with van der Waals surface area (Å²) >= 11 is 0. The zero-order chi connectivity index (χ0) is 12.3. The van der Waals surface area contributed by atoms with E-state index in [1.165, 1.54) is 6.07 Å². The Hall–Kier alpha value is -1.66. The van der Waals surface area contributed by atoms with E-state index in [1.54, 1.807) is 12.1 Å². The standard InChI is InChI=1S/C11H15N3O3/c1-9-2-3-11(14(15)16)10(8-9)12-13-4-6-17-7-5-13/h2-3,8,12H,4-7H2,1H3. The molecule has 1 N–H and O–H groups in total. The van der Waals surface area contributed by atoms with Crippen LogP contribution in [0.4, 0.5) is 11.4 Å². The normalized spacial score (nSPS) is 16.8. The molecule has 2 rings (SSSR count). The minimum absolute atomic E-state index is 0.0992. The number of benzene rings is 1. The van der Waals surface area contributed by atoms with Crippen molar-refractivity contribution in [3.05, 3.63) is 33.9 Å². The fourth-order valence-electron chi connectivity index (χ4n) is 1.74. The fourth-order valence-corrected chi connectivity index (χ4v) is 1.74. The number of hydrogen-bond acceptors (Lipinski definition) is 5. The summed E-state index contributed by atoms with van der Waals surface area (Å²) in [4.78, 5) is 10.5. The molecule has 0 bridgehead atoms. The van der Waals surface area contributed by atoms with Gasteiger partial charge in [-0.15, -0.1) is 0 Å². The summed E-state index contributed by atoms with van der Waals surface area (Å²) in [5.74, 6) is 0. The van der Waals surface area contributed by atoms with Gasteiger partial charge in [-0.2, -0.15) is 0 Å². The summed E-state index contributed by atoms with van der Waals surface area (Å²) in [5, 5.41) is 12.8. The van der Waals surface area contributed by atoms with E-state index in [1.807, 2.05) is 11.9 Å². The molecule has 0 spiro atoms. The van der Waals surface area contributed by atoms with Gasteiger partial charge in [-0.05, 0) is 18.6 Å². The van der Waals surface area contributed by atoms with Gasteiger partial charge in [0.1, 0.15) is 5.69 Å². The summed E-state index contributed by atoms with van der Waals surface area (Å²) < 4.78 is 5.22. The molecule has 0 aromatic heterocycles. The summed E-state index contributed by atoms with van der Waals surface area (Å²) in [6.45, 7) is 4.66. The Balaban J connectivity index is 2.17. The summed E-state index contributed by atoms with van der Waals surface area (Å²) in [5.41, 5.74) is 4.71. The highest BCUT2D eigenvalue weighted by molar-refractivity contribution is 5.62. The molecule has 1 aliphatic heterocycles. The first-order valence-electron chi connectivity index (χ1n) is 5.51. The molecule has 1 saturated heterocycles. The van der Waals surface area contributed by atoms with Gasteiger partial charge in [0, 0.05) is 19.2 Å². The Bertz CT molecular complexity index is 416. The van der Waals surface area contributed by atoms with Crippen molar-refractivity contribution in [3.8, 4) is 0 Å². The topological polar surface area (TPSA) is 67.6 Å². The van der Waals surface area contributed by atoms with Gasteiger partial charge in [0.2, 0.25) is 0 Å². The molecule has 1 fully saturated rings. The molecular formula is C11H15N3O3. The first-order valence-corrected chi connectivity index (χ1v) is 5.51. The maximum absolute atomic E-state index is 10.9. The van der Waals surface area contributed by atoms with Crippen LogP contribution in [0.2, 0.25) is 0 Å². The van der Waals surface area contributed by atoms with Crippen LogP contribution in [0.5, 0.6) is 0 Å². The van der Waals surface area contributed by atoms with Crippen LogP contribution in [0.1, 0.15) is 5.56 Å². The van der Waals surface area contributed by atoms with Crippen LogP contribution in [-0.2, 0) is 4.74 Å². The Morgan fingerprint density at radius 3 is 2.76 bits per heavy atom. The Kier molecular flexibility index (Phi) is 3.55. The first-order chi connectivity index (χ1) is 8.16. The molecule has 6 heteroatoms. The molecule has 6 nitrogen and oxygen atoms in total. The number of rotatable bonds is 3. The smallest absolute Gasteiger partial charge is 0.293 e. The van der Waals surface area contributed by atoms with Crippen LogP contribution < -0.4 is 5.43 Å². The minimum atomic E-state index is -0.373. The maximum Gasteiger partial charge on any atom is 0.293 e. The number of nitro benzene ring substituents is 1. The number of morpholine rings is 1. The monoisotopic (exact) mass is 237 g/mol. The van der Waals surface area contributed by atoms with Crippen molar-refractivity contribution in [2.75, 3.05) is 31.7 Å². The Morgan fingerprint density at radius 2 is 2.12 bits per heavy atom. The van der Waals surface area contributed by atoms with Crippen molar-refractivity contribution in [3.63, 3.8) is 0 Å². The maximum atomic E-state index is 10.9. The van der Waals surface area contributed by atoms with E-state index in [2.05, 4.69) is 5.43 Å². The van der Waals surface area contributed by atoms with Gasteiger partial charge < -0.3 is 10.2 Å². The molecule has 0 radical (unpaired) electrons. The van der Waals surface area contributed by atoms with Crippen LogP contribution in [0.15, 0.2) is 18.2 Å². The SMILES string of the molecule is Cc1ccc([N+](=O)[O-])c(NN2CCOCC2)c1. The number of aryl methyl sites for hydroxylation is 1. The molecule has 1 heterocycles. The lowest BCUT2D eigenvalue weighted by atomic mass is 10.2. The van der Waals surface area contributed by atoms with E-state index in [0.29, 0.717) is 18.9 Å². The van der Waals surface area contributed by atoms with E-state index in [-0.39, 0.29) is 10.6 Å². The molecule has 17 heavy (non-hydrogen) atoms. The van der Waals surface area contributed by atoms with Gasteiger partial charge in [-0.25, -0.2) is 5.01 Å². The molecule has 0 unspecified atom stereocenters. The number of ether oxygens (including phenoxy) is 1. The number of nitrogens with one attached hydrogen (secondary N) is 1. The molecule has 92 valence electrons. The Labute approximate surface area is 99.3 Å². The Morgan fingerprint density at radius 1 is 1.41 bits per heavy atom. The van der Waals surface area contributed by atoms with E-state index >= 15 is 0 Å². The summed E-state index contributed by atoms with van der Waals surface area (Å²) in [6.07, 6.45) is 0. The molecule has 1 aromatic carbocycles. The average Bonchev–Trinajstić information content (AvgIpc) is 2.30. The van der Waals surface area contributed by atoms with Gasteiger partial charge in [-0.1, -0.05) is 6.07 Å². The zero-order valence-corrected chi connectivity index (χ0v) is 9.68. The van der Waals surface area contributed by atoms with E-state index in [9.17, 15) is 10.1 Å². The highest BCUT2D eigenvalue weighted by atomic mass is 16.6. The first kappa shape index (κ1) is 11.8. The molecule has 1 aliphatic rings. The second kappa shape index (κ2) is 5.11. The third kappa shape index (κ3) is 2.92. The van der Waals surface area contributed by atoms with Crippen LogP contribution >= 0.6 is 0 Å². The van der Waals surface area contributed by atoms with Gasteiger partial charge in [-0.3, -0.25) is 10.1 Å². The predicted molar refractivity (Wildman–Crippen MR) is 63.8 cm³/mol. The van der Waals surface area contributed by atoms with Crippen LogP contribution in [0, 0.1) is 17.0 Å². The zero-order valence-electron chi connectivity index (χ0n) is 9.68. The molecule has 0 atom stereocenters. The minimum Gasteiger partial charge on any atom is -0.379 e. The molecular weight excluding hydrogens is 222 g/mol. The molecule has 0 saturated carbocycles. The summed E-state index contributed by atoms with van der Waals surface area (Å²) in [6, 6.07) is 5.05. The lowest BCUT2D eigenvalue weighted by Crippen LogP contribution is -2.40. The quantitative estimate of drug-likeness (QED) is 0.638. The van der Waals surface area contributed by atoms with Crippen LogP contribution in [-0.4, -0.2) is 36.2 Å². The number of anilines is 1. The summed E-state index contributed by atoms with van der Waals surface area (Å²) in [7, 11) is 0. The second-order valence-corrected chi connectivity index (χ2v) is 3.99. The van der Waals surface area contributed by atoms with E-state index < -0.39 is 0 Å². The number of nitrogens with zero attached hydrogens (tertiary/aromatic N) is 2. The number of hydrogen-bond donors (Lipinski definition) is 1. The van der Waals surface area contributed by atoms with Crippen molar-refractivity contribution >= 4 is 11.4 Å². The van der Waals surface area contributed by atoms with Gasteiger partial charge in [0.25, 0.3) is 5.69 Å². The molecule has 0 aliphatic carbocycles. The lowest BCUT2D eigenvalue weighted by Gasteiger charge is -2.27. The van der Waals surface area contributed by atoms with Crippen LogP contribution in [0.3, 0.4) is 0 Å². The third-order valence-electron chi connectivity index (χ3n) is 2.64. The van der Waals surface area contributed by atoms with Gasteiger partial charge in [0.05, 0.1) is 18.1 Å². The highest BCUT2D eigenvalue weighted by Crippen LogP contribution is 2.25. The van der Waals surface area contributed by atoms with Crippen molar-refractivity contribution < 1.29 is 9.66 Å². The van der Waals surface area contributed by atoms with E-state index in [0.717, 1.165) is 18.7 Å².